The number of methoxy groups -OCH3 is 1. The van der Waals surface area contributed by atoms with Gasteiger partial charge in [-0.2, -0.15) is 11.8 Å². The van der Waals surface area contributed by atoms with E-state index < -0.39 is 5.92 Å². The minimum atomic E-state index is -0.393. The molecule has 2 aliphatic rings. The SMILES string of the molecule is C=C1CCC2C(C1=O)C(=O)C(SC)C(C(C)CC)C2CCCC.CC.COC=O. The van der Waals surface area contributed by atoms with Gasteiger partial charge < -0.3 is 4.74 Å². The molecule has 6 atom stereocenters. The van der Waals surface area contributed by atoms with Crippen LogP contribution in [0, 0.1) is 29.6 Å². The van der Waals surface area contributed by atoms with Crippen molar-refractivity contribution in [3.05, 3.63) is 12.2 Å². The van der Waals surface area contributed by atoms with Crippen LogP contribution in [-0.2, 0) is 19.1 Å². The highest BCUT2D eigenvalue weighted by Gasteiger charge is 2.54. The molecule has 0 amide bonds. The van der Waals surface area contributed by atoms with Crippen molar-refractivity contribution in [1.82, 2.24) is 0 Å². The number of Topliss-reactive ketones (excluding diaryl/α,β-unsaturated/α-hetero) is 2. The summed E-state index contributed by atoms with van der Waals surface area (Å²) in [5, 5.41) is -0.0112. The van der Waals surface area contributed by atoms with E-state index in [1.54, 1.807) is 11.8 Å². The summed E-state index contributed by atoms with van der Waals surface area (Å²) in [6.45, 7) is 15.0. The van der Waals surface area contributed by atoms with Crippen LogP contribution in [0.15, 0.2) is 12.2 Å². The second-order valence-corrected chi connectivity index (χ2v) is 8.79. The van der Waals surface area contributed by atoms with Crippen LogP contribution in [0.5, 0.6) is 0 Å². The molecule has 0 aromatic heterocycles. The average molecular weight is 427 g/mol. The number of allylic oxidation sites excluding steroid dienone is 1. The molecule has 6 unspecified atom stereocenters. The Labute approximate surface area is 182 Å². The normalized spacial score (nSPS) is 29.5. The number of fused-ring (bicyclic) bond motifs is 1. The van der Waals surface area contributed by atoms with E-state index in [0.717, 1.165) is 25.7 Å². The summed E-state index contributed by atoms with van der Waals surface area (Å²) in [6, 6.07) is 0. The highest BCUT2D eigenvalue weighted by atomic mass is 32.2. The number of ketones is 2. The first-order valence-corrected chi connectivity index (χ1v) is 12.4. The maximum absolute atomic E-state index is 13.1. The number of thioether (sulfide) groups is 1. The van der Waals surface area contributed by atoms with Crippen molar-refractivity contribution in [1.29, 1.82) is 0 Å². The predicted molar refractivity (Wildman–Crippen MR) is 123 cm³/mol. The zero-order valence-electron chi connectivity index (χ0n) is 19.5. The van der Waals surface area contributed by atoms with Gasteiger partial charge in [-0.05, 0) is 54.8 Å². The van der Waals surface area contributed by atoms with Crippen LogP contribution in [0.3, 0.4) is 0 Å². The van der Waals surface area contributed by atoms with Gasteiger partial charge in [0.1, 0.15) is 0 Å². The Morgan fingerprint density at radius 3 is 2.31 bits per heavy atom. The van der Waals surface area contributed by atoms with Crippen LogP contribution >= 0.6 is 11.8 Å². The maximum Gasteiger partial charge on any atom is 0.292 e. The van der Waals surface area contributed by atoms with E-state index in [9.17, 15) is 9.59 Å². The number of ether oxygens (including phenoxy) is 1. The molecule has 29 heavy (non-hydrogen) atoms. The first-order chi connectivity index (χ1) is 13.9. The number of unbranched alkanes of at least 4 members (excludes halogenated alkanes) is 1. The Bertz CT molecular complexity index is 531. The molecule has 0 bridgehead atoms. The number of carbonyl (C=O) groups is 3. The van der Waals surface area contributed by atoms with Crippen LogP contribution in [0.25, 0.3) is 0 Å². The van der Waals surface area contributed by atoms with Gasteiger partial charge in [0, 0.05) is 0 Å². The third-order valence-electron chi connectivity index (χ3n) is 6.36. The molecule has 2 rings (SSSR count). The molecular formula is C24H42O4S. The lowest BCUT2D eigenvalue weighted by molar-refractivity contribution is -0.141. The minimum absolute atomic E-state index is 0.0112. The quantitative estimate of drug-likeness (QED) is 0.295. The molecule has 0 N–H and O–H groups in total. The second kappa shape index (κ2) is 14.8. The smallest absolute Gasteiger partial charge is 0.292 e. The summed E-state index contributed by atoms with van der Waals surface area (Å²) in [7, 11) is 1.31. The third kappa shape index (κ3) is 6.97. The maximum atomic E-state index is 13.1. The minimum Gasteiger partial charge on any atom is -0.471 e. The van der Waals surface area contributed by atoms with E-state index in [1.807, 2.05) is 20.1 Å². The van der Waals surface area contributed by atoms with Crippen LogP contribution in [0.4, 0.5) is 0 Å². The molecule has 2 saturated carbocycles. The van der Waals surface area contributed by atoms with Crippen molar-refractivity contribution in [3.8, 4) is 0 Å². The molecule has 2 fully saturated rings. The van der Waals surface area contributed by atoms with Gasteiger partial charge in [-0.1, -0.05) is 60.5 Å². The molecular weight excluding hydrogens is 384 g/mol. The lowest BCUT2D eigenvalue weighted by Crippen LogP contribution is -2.54. The fourth-order valence-corrected chi connectivity index (χ4v) is 6.00. The molecule has 0 heterocycles. The lowest BCUT2D eigenvalue weighted by atomic mass is 9.56. The Morgan fingerprint density at radius 1 is 1.28 bits per heavy atom. The zero-order valence-corrected chi connectivity index (χ0v) is 20.3. The van der Waals surface area contributed by atoms with Gasteiger partial charge in [0.15, 0.2) is 11.6 Å². The van der Waals surface area contributed by atoms with Gasteiger partial charge in [-0.25, -0.2) is 0 Å². The summed E-state index contributed by atoms with van der Waals surface area (Å²) < 4.78 is 3.86. The monoisotopic (exact) mass is 426 g/mol. The van der Waals surface area contributed by atoms with Crippen molar-refractivity contribution in [2.24, 2.45) is 29.6 Å². The third-order valence-corrected chi connectivity index (χ3v) is 7.42. The average Bonchev–Trinajstić information content (AvgIpc) is 2.75. The Hall–Kier alpha value is -1.10. The zero-order chi connectivity index (χ0) is 22.6. The second-order valence-electron chi connectivity index (χ2n) is 7.81. The highest BCUT2D eigenvalue weighted by molar-refractivity contribution is 7.99. The fraction of sp³-hybridized carbons (Fsp3) is 0.792. The highest BCUT2D eigenvalue weighted by Crippen LogP contribution is 2.51. The standard InChI is InChI=1S/C20H32O2S.C2H4O2.C2H6/c1-6-8-9-14-15-11-10-13(4)18(21)17(15)19(22)20(23-5)16(14)12(3)7-2;1-4-2-3;1-2/h12,14-17,20H,4,6-11H2,1-3,5H3;2H,1H3;1-2H3. The Morgan fingerprint density at radius 2 is 1.86 bits per heavy atom. The van der Waals surface area contributed by atoms with E-state index in [-0.39, 0.29) is 22.7 Å². The molecule has 5 heteroatoms. The first kappa shape index (κ1) is 27.9. The van der Waals surface area contributed by atoms with Crippen molar-refractivity contribution in [2.45, 2.75) is 78.4 Å². The largest absolute Gasteiger partial charge is 0.471 e. The molecule has 0 aromatic rings. The van der Waals surface area contributed by atoms with E-state index in [0.29, 0.717) is 29.8 Å². The van der Waals surface area contributed by atoms with Gasteiger partial charge in [0.25, 0.3) is 6.47 Å². The predicted octanol–water partition coefficient (Wildman–Crippen LogP) is 5.74. The first-order valence-electron chi connectivity index (χ1n) is 11.1. The Kier molecular flexibility index (Phi) is 14.3. The molecule has 0 aromatic carbocycles. The fourth-order valence-electron chi connectivity index (χ4n) is 4.84. The van der Waals surface area contributed by atoms with E-state index in [4.69, 9.17) is 4.79 Å². The summed E-state index contributed by atoms with van der Waals surface area (Å²) in [5.41, 5.74) is 0.677. The van der Waals surface area contributed by atoms with Gasteiger partial charge in [0.05, 0.1) is 18.3 Å². The van der Waals surface area contributed by atoms with Crippen molar-refractivity contribution >= 4 is 29.8 Å². The van der Waals surface area contributed by atoms with E-state index in [1.165, 1.54) is 20.0 Å². The molecule has 4 nitrogen and oxygen atoms in total. The number of hydrogen-bond donors (Lipinski definition) is 0. The summed E-state index contributed by atoms with van der Waals surface area (Å²) in [5.74, 6) is 1.60. The van der Waals surface area contributed by atoms with E-state index >= 15 is 0 Å². The number of rotatable bonds is 7. The van der Waals surface area contributed by atoms with Crippen LogP contribution in [0.2, 0.25) is 0 Å². The molecule has 0 spiro atoms. The van der Waals surface area contributed by atoms with E-state index in [2.05, 4.69) is 32.1 Å². The summed E-state index contributed by atoms with van der Waals surface area (Å²) in [6.07, 6.45) is 8.45. The van der Waals surface area contributed by atoms with Crippen LogP contribution in [0.1, 0.15) is 73.1 Å². The molecule has 0 radical (unpaired) electrons. The van der Waals surface area contributed by atoms with Crippen LogP contribution in [-0.4, -0.2) is 36.7 Å². The number of carbonyl (C=O) groups excluding carboxylic acids is 3. The Balaban J connectivity index is 0.00000116. The lowest BCUT2D eigenvalue weighted by Gasteiger charge is -2.49. The van der Waals surface area contributed by atoms with Crippen molar-refractivity contribution in [2.75, 3.05) is 13.4 Å². The number of hydrogen-bond acceptors (Lipinski definition) is 5. The molecule has 0 saturated heterocycles. The summed E-state index contributed by atoms with van der Waals surface area (Å²) >= 11 is 1.67. The van der Waals surface area contributed by atoms with Gasteiger partial charge in [0.2, 0.25) is 0 Å². The van der Waals surface area contributed by atoms with Crippen molar-refractivity contribution in [3.63, 3.8) is 0 Å². The summed E-state index contributed by atoms with van der Waals surface area (Å²) in [4.78, 5) is 34.7. The van der Waals surface area contributed by atoms with Crippen molar-refractivity contribution < 1.29 is 19.1 Å². The molecule has 0 aliphatic heterocycles. The van der Waals surface area contributed by atoms with Crippen LogP contribution < -0.4 is 0 Å². The molecule has 2 aliphatic carbocycles. The van der Waals surface area contributed by atoms with Gasteiger partial charge >= 0.3 is 0 Å². The topological polar surface area (TPSA) is 60.4 Å². The van der Waals surface area contributed by atoms with Gasteiger partial charge in [-0.15, -0.1) is 0 Å². The van der Waals surface area contributed by atoms with Gasteiger partial charge in [-0.3, -0.25) is 14.4 Å². The molecule has 168 valence electrons.